The number of benzene rings is 1. The van der Waals surface area contributed by atoms with Crippen LogP contribution in [0.4, 0.5) is 0 Å². The van der Waals surface area contributed by atoms with Gasteiger partial charge in [-0.15, -0.1) is 0 Å². The summed E-state index contributed by atoms with van der Waals surface area (Å²) in [5, 5.41) is 0. The summed E-state index contributed by atoms with van der Waals surface area (Å²) in [6.07, 6.45) is 1.40. The predicted octanol–water partition coefficient (Wildman–Crippen LogP) is 2.09. The first-order valence-electron chi connectivity index (χ1n) is 5.01. The molecule has 0 aromatic heterocycles. The van der Waals surface area contributed by atoms with E-state index in [2.05, 4.69) is 13.0 Å². The number of hydrogen-bond acceptors (Lipinski definition) is 2. The molecule has 2 N–H and O–H groups in total. The normalized spacial score (nSPS) is 10.2. The second-order valence-corrected chi connectivity index (χ2v) is 3.46. The Bertz CT molecular complexity index is 331. The first-order valence-corrected chi connectivity index (χ1v) is 5.01. The highest BCUT2D eigenvalue weighted by Gasteiger charge is 2.08. The van der Waals surface area contributed by atoms with Crippen LogP contribution in [-0.2, 0) is 6.42 Å². The Labute approximate surface area is 85.1 Å². The van der Waals surface area contributed by atoms with E-state index in [-0.39, 0.29) is 5.78 Å². The highest BCUT2D eigenvalue weighted by molar-refractivity contribution is 5.97. The lowest BCUT2D eigenvalue weighted by Gasteiger charge is -2.06. The van der Waals surface area contributed by atoms with E-state index in [0.29, 0.717) is 13.0 Å². The quantitative estimate of drug-likeness (QED) is 0.740. The largest absolute Gasteiger partial charge is 0.330 e. The van der Waals surface area contributed by atoms with Crippen LogP contribution in [0.1, 0.15) is 34.8 Å². The van der Waals surface area contributed by atoms with Crippen LogP contribution in [0.15, 0.2) is 18.2 Å². The van der Waals surface area contributed by atoms with Crippen molar-refractivity contribution in [2.45, 2.75) is 26.7 Å². The van der Waals surface area contributed by atoms with Gasteiger partial charge in [-0.05, 0) is 37.1 Å². The highest BCUT2D eigenvalue weighted by Crippen LogP contribution is 2.13. The number of carbonyl (C=O) groups is 1. The molecule has 0 bridgehead atoms. The summed E-state index contributed by atoms with van der Waals surface area (Å²) in [6.45, 7) is 4.47. The molecule has 0 unspecified atom stereocenters. The lowest BCUT2D eigenvalue weighted by Crippen LogP contribution is -2.09. The van der Waals surface area contributed by atoms with Gasteiger partial charge in [0.15, 0.2) is 5.78 Å². The smallest absolute Gasteiger partial charge is 0.164 e. The Morgan fingerprint density at radius 3 is 2.71 bits per heavy atom. The molecule has 0 heterocycles. The highest BCUT2D eigenvalue weighted by atomic mass is 16.1. The Kier molecular flexibility index (Phi) is 3.84. The zero-order valence-corrected chi connectivity index (χ0v) is 8.84. The van der Waals surface area contributed by atoms with Crippen LogP contribution in [-0.4, -0.2) is 12.3 Å². The predicted molar refractivity (Wildman–Crippen MR) is 58.6 cm³/mol. The van der Waals surface area contributed by atoms with E-state index in [1.165, 1.54) is 5.56 Å². The number of hydrogen-bond donors (Lipinski definition) is 1. The monoisotopic (exact) mass is 191 g/mol. The number of Topliss-reactive ketones (excluding diaryl/α,β-unsaturated/α-hetero) is 1. The molecule has 0 aliphatic carbocycles. The van der Waals surface area contributed by atoms with Crippen molar-refractivity contribution in [3.63, 3.8) is 0 Å². The maximum Gasteiger partial charge on any atom is 0.164 e. The Hall–Kier alpha value is -1.15. The molecule has 2 heteroatoms. The topological polar surface area (TPSA) is 43.1 Å². The van der Waals surface area contributed by atoms with Crippen LogP contribution in [0, 0.1) is 6.92 Å². The summed E-state index contributed by atoms with van der Waals surface area (Å²) in [5.74, 6) is 0.153. The molecule has 0 atom stereocenters. The first kappa shape index (κ1) is 10.9. The van der Waals surface area contributed by atoms with Crippen molar-refractivity contribution in [2.24, 2.45) is 5.73 Å². The molecule has 2 nitrogen and oxygen atoms in total. The Morgan fingerprint density at radius 2 is 2.14 bits per heavy atom. The van der Waals surface area contributed by atoms with E-state index in [1.54, 1.807) is 0 Å². The van der Waals surface area contributed by atoms with Crippen LogP contribution in [0.25, 0.3) is 0 Å². The van der Waals surface area contributed by atoms with Gasteiger partial charge in [-0.2, -0.15) is 0 Å². The number of carbonyl (C=O) groups excluding carboxylic acids is 1. The van der Waals surface area contributed by atoms with Crippen molar-refractivity contribution in [3.05, 3.63) is 34.9 Å². The van der Waals surface area contributed by atoms with Gasteiger partial charge in [-0.1, -0.05) is 19.1 Å². The van der Waals surface area contributed by atoms with Crippen molar-refractivity contribution in [3.8, 4) is 0 Å². The fraction of sp³-hybridized carbons (Fsp3) is 0.417. The van der Waals surface area contributed by atoms with Crippen molar-refractivity contribution in [1.82, 2.24) is 0 Å². The third-order valence-electron chi connectivity index (χ3n) is 2.38. The molecule has 0 fully saturated rings. The van der Waals surface area contributed by atoms with Crippen molar-refractivity contribution >= 4 is 5.78 Å². The molecular weight excluding hydrogens is 174 g/mol. The number of aryl methyl sites for hydroxylation is 2. The third kappa shape index (κ3) is 2.42. The lowest BCUT2D eigenvalue weighted by molar-refractivity contribution is 0.0985. The molecule has 0 radical (unpaired) electrons. The van der Waals surface area contributed by atoms with E-state index in [4.69, 9.17) is 5.73 Å². The van der Waals surface area contributed by atoms with Crippen LogP contribution in [0.3, 0.4) is 0 Å². The molecule has 1 aromatic carbocycles. The first-order chi connectivity index (χ1) is 6.69. The van der Waals surface area contributed by atoms with E-state index < -0.39 is 0 Å². The Balaban J connectivity index is 2.99. The molecule has 0 spiro atoms. The van der Waals surface area contributed by atoms with Crippen LogP contribution in [0.5, 0.6) is 0 Å². The summed E-state index contributed by atoms with van der Waals surface area (Å²) in [6, 6.07) is 6.05. The van der Waals surface area contributed by atoms with Gasteiger partial charge >= 0.3 is 0 Å². The minimum atomic E-state index is 0.153. The summed E-state index contributed by atoms with van der Waals surface area (Å²) in [7, 11) is 0. The van der Waals surface area contributed by atoms with Gasteiger partial charge in [-0.25, -0.2) is 0 Å². The molecule has 0 saturated carbocycles. The molecule has 0 amide bonds. The maximum atomic E-state index is 11.7. The molecule has 0 saturated heterocycles. The van der Waals surface area contributed by atoms with Crippen LogP contribution >= 0.6 is 0 Å². The summed E-state index contributed by atoms with van der Waals surface area (Å²) < 4.78 is 0. The van der Waals surface area contributed by atoms with E-state index in [9.17, 15) is 4.79 Å². The second kappa shape index (κ2) is 4.91. The molecule has 76 valence electrons. The van der Waals surface area contributed by atoms with Crippen LogP contribution < -0.4 is 5.73 Å². The van der Waals surface area contributed by atoms with E-state index in [0.717, 1.165) is 17.5 Å². The van der Waals surface area contributed by atoms with Crippen molar-refractivity contribution < 1.29 is 4.79 Å². The van der Waals surface area contributed by atoms with Gasteiger partial charge in [0, 0.05) is 12.0 Å². The molecule has 14 heavy (non-hydrogen) atoms. The lowest BCUT2D eigenvalue weighted by atomic mass is 9.99. The summed E-state index contributed by atoms with van der Waals surface area (Å²) in [5.41, 5.74) is 8.44. The van der Waals surface area contributed by atoms with Gasteiger partial charge in [0.1, 0.15) is 0 Å². The van der Waals surface area contributed by atoms with Crippen LogP contribution in [0.2, 0.25) is 0 Å². The molecule has 0 aliphatic heterocycles. The fourth-order valence-corrected chi connectivity index (χ4v) is 1.46. The average Bonchev–Trinajstić information content (AvgIpc) is 2.19. The van der Waals surface area contributed by atoms with Gasteiger partial charge < -0.3 is 5.73 Å². The van der Waals surface area contributed by atoms with Gasteiger partial charge in [0.05, 0.1) is 0 Å². The van der Waals surface area contributed by atoms with Crippen molar-refractivity contribution in [1.29, 1.82) is 0 Å². The minimum absolute atomic E-state index is 0.153. The molecule has 1 rings (SSSR count). The third-order valence-corrected chi connectivity index (χ3v) is 2.38. The SMILES string of the molecule is CCc1ccc(C)c(C(=O)CCN)c1. The molecular formula is C12H17NO. The van der Waals surface area contributed by atoms with Gasteiger partial charge in [0.25, 0.3) is 0 Å². The zero-order chi connectivity index (χ0) is 10.6. The maximum absolute atomic E-state index is 11.7. The second-order valence-electron chi connectivity index (χ2n) is 3.46. The number of nitrogens with two attached hydrogens (primary N) is 1. The zero-order valence-electron chi connectivity index (χ0n) is 8.84. The number of ketones is 1. The summed E-state index contributed by atoms with van der Waals surface area (Å²) >= 11 is 0. The number of rotatable bonds is 4. The Morgan fingerprint density at radius 1 is 1.43 bits per heavy atom. The standard InChI is InChI=1S/C12H17NO/c1-3-10-5-4-9(2)11(8-10)12(14)6-7-13/h4-5,8H,3,6-7,13H2,1-2H3. The van der Waals surface area contributed by atoms with Crippen molar-refractivity contribution in [2.75, 3.05) is 6.54 Å². The fourth-order valence-electron chi connectivity index (χ4n) is 1.46. The molecule has 0 aliphatic rings. The summed E-state index contributed by atoms with van der Waals surface area (Å²) in [4.78, 5) is 11.7. The van der Waals surface area contributed by atoms with E-state index >= 15 is 0 Å². The van der Waals surface area contributed by atoms with Gasteiger partial charge in [-0.3, -0.25) is 4.79 Å². The van der Waals surface area contributed by atoms with E-state index in [1.807, 2.05) is 19.1 Å². The molecule has 1 aromatic rings. The average molecular weight is 191 g/mol. The minimum Gasteiger partial charge on any atom is -0.330 e. The van der Waals surface area contributed by atoms with Gasteiger partial charge in [0.2, 0.25) is 0 Å².